The number of fused-ring (bicyclic) bond motifs is 1. The smallest absolute Gasteiger partial charge is 0.352 e. The summed E-state index contributed by atoms with van der Waals surface area (Å²) in [6, 6.07) is 29.1. The highest BCUT2D eigenvalue weighted by atomic mass is 32.2. The number of β-lactam (4-membered cyclic amide) rings is 1. The fourth-order valence-corrected chi connectivity index (χ4v) is 9.99. The van der Waals surface area contributed by atoms with Gasteiger partial charge in [0.1, 0.15) is 35.5 Å². The van der Waals surface area contributed by atoms with E-state index in [0.29, 0.717) is 21.6 Å². The van der Waals surface area contributed by atoms with Gasteiger partial charge in [0.25, 0.3) is 11.8 Å². The van der Waals surface area contributed by atoms with E-state index in [1.54, 1.807) is 10.4 Å². The first-order chi connectivity index (χ1) is 26.6. The second-order valence-electron chi connectivity index (χ2n) is 12.8. The quantitative estimate of drug-likeness (QED) is 0.0430. The maximum atomic E-state index is 13.8. The molecule has 1 saturated heterocycles. The number of thioether (sulfide) groups is 2. The van der Waals surface area contributed by atoms with Gasteiger partial charge < -0.3 is 20.6 Å². The summed E-state index contributed by atoms with van der Waals surface area (Å²) in [4.78, 5) is 51.0. The Morgan fingerprint density at radius 2 is 1.65 bits per heavy atom. The van der Waals surface area contributed by atoms with E-state index in [-0.39, 0.29) is 28.9 Å². The lowest BCUT2D eigenvalue weighted by molar-refractivity contribution is -0.150. The number of hydrogen-bond acceptors (Lipinski definition) is 15. The minimum atomic E-state index is -1.23. The molecular weight excluding hydrogens is 761 g/mol. The number of carbonyl (C=O) groups excluding carboxylic acids is 2. The van der Waals surface area contributed by atoms with Gasteiger partial charge in [0.15, 0.2) is 10.8 Å². The van der Waals surface area contributed by atoms with Crippen molar-refractivity contribution in [1.82, 2.24) is 31.0 Å². The molecule has 3 aromatic carbocycles. The van der Waals surface area contributed by atoms with E-state index in [1.165, 1.54) is 52.1 Å². The number of thiazole rings is 1. The molecule has 1 fully saturated rings. The number of aromatic nitrogens is 1. The molecule has 284 valence electrons. The summed E-state index contributed by atoms with van der Waals surface area (Å²) >= 11 is 3.97. The van der Waals surface area contributed by atoms with E-state index >= 15 is 0 Å². The van der Waals surface area contributed by atoms with Crippen LogP contribution >= 0.6 is 34.9 Å². The Morgan fingerprint density at radius 1 is 1.05 bits per heavy atom. The Balaban J connectivity index is 1.11. The largest absolute Gasteiger partial charge is 0.477 e. The number of hydrazine groups is 3. The van der Waals surface area contributed by atoms with E-state index in [0.717, 1.165) is 16.7 Å². The second-order valence-corrected chi connectivity index (χ2v) is 15.7. The van der Waals surface area contributed by atoms with Crippen LogP contribution in [-0.2, 0) is 24.8 Å². The molecule has 0 aliphatic carbocycles. The zero-order valence-corrected chi connectivity index (χ0v) is 32.4. The van der Waals surface area contributed by atoms with Crippen molar-refractivity contribution in [2.75, 3.05) is 23.9 Å². The summed E-state index contributed by atoms with van der Waals surface area (Å²) in [7, 11) is 1.32. The molecule has 15 nitrogen and oxygen atoms in total. The molecule has 7 rings (SSSR count). The third-order valence-electron chi connectivity index (χ3n) is 9.14. The van der Waals surface area contributed by atoms with Crippen molar-refractivity contribution in [2.45, 2.75) is 36.8 Å². The number of aliphatic carboxylic acids is 1. The molecule has 2 atom stereocenters. The SMILES string of the molecule is CO/N=C(\C(=O)N[C@@H]1C(=O)N2C(C(=O)O)=C(CSC3=NNN(N)N3C(C)C)CS[C@H]12)c1csc(NC(c2ccccc2)(c2ccccc2)c2ccccc2)n1. The summed E-state index contributed by atoms with van der Waals surface area (Å²) in [6.45, 7) is 3.89. The van der Waals surface area contributed by atoms with Gasteiger partial charge >= 0.3 is 5.97 Å². The number of hydrazone groups is 1. The first-order valence-electron chi connectivity index (χ1n) is 17.2. The van der Waals surface area contributed by atoms with Crippen molar-refractivity contribution in [1.29, 1.82) is 0 Å². The van der Waals surface area contributed by atoms with Gasteiger partial charge in [-0.05, 0) is 41.3 Å². The fraction of sp³-hybridized carbons (Fsp3) is 0.243. The predicted molar refractivity (Wildman–Crippen MR) is 214 cm³/mol. The summed E-state index contributed by atoms with van der Waals surface area (Å²) < 4.78 is 0. The standard InChI is InChI=1S/C37H38N10O5S3/c1-22(2)46-36(42-44-47(46)38)55-20-23-19-53-33-29(32(49)45(33)30(23)34(50)51)40-31(48)28(43-52-3)27-21-54-35(39-27)41-37(24-13-7-4-8-14-24,25-15-9-5-10-16-25)26-17-11-6-12-18-26/h4-18,21-22,29,33,44H,19-20,38H2,1-3H3,(H,39,41)(H,40,48)(H,50,51)/b43-28-/t29-,33-/m1/s1. The van der Waals surface area contributed by atoms with Crippen molar-refractivity contribution in [3.8, 4) is 0 Å². The fourth-order valence-electron chi connectivity index (χ4n) is 6.69. The molecule has 0 unspecified atom stereocenters. The van der Waals surface area contributed by atoms with Crippen molar-refractivity contribution in [2.24, 2.45) is 16.1 Å². The average Bonchev–Trinajstić information content (AvgIpc) is 3.83. The molecule has 0 saturated carbocycles. The van der Waals surface area contributed by atoms with E-state index in [4.69, 9.17) is 15.7 Å². The summed E-state index contributed by atoms with van der Waals surface area (Å²) in [5, 5.41) is 30.0. The molecule has 3 aliphatic heterocycles. The zero-order chi connectivity index (χ0) is 38.7. The number of amidine groups is 1. The lowest BCUT2D eigenvalue weighted by atomic mass is 9.77. The highest BCUT2D eigenvalue weighted by molar-refractivity contribution is 8.14. The molecule has 6 N–H and O–H groups in total. The summed E-state index contributed by atoms with van der Waals surface area (Å²) in [5.74, 6) is 4.08. The van der Waals surface area contributed by atoms with Gasteiger partial charge in [-0.2, -0.15) is 0 Å². The van der Waals surface area contributed by atoms with E-state index in [1.807, 2.05) is 68.4 Å². The number of anilines is 1. The second kappa shape index (κ2) is 16.1. The molecule has 55 heavy (non-hydrogen) atoms. The lowest BCUT2D eigenvalue weighted by Crippen LogP contribution is -2.71. The predicted octanol–water partition coefficient (Wildman–Crippen LogP) is 3.96. The number of rotatable bonds is 13. The van der Waals surface area contributed by atoms with Crippen LogP contribution in [0.3, 0.4) is 0 Å². The van der Waals surface area contributed by atoms with Gasteiger partial charge in [0.2, 0.25) is 5.17 Å². The Kier molecular flexibility index (Phi) is 11.1. The van der Waals surface area contributed by atoms with E-state index in [2.05, 4.69) is 62.8 Å². The molecule has 1 aromatic heterocycles. The third kappa shape index (κ3) is 7.26. The summed E-state index contributed by atoms with van der Waals surface area (Å²) in [6.07, 6.45) is 0. The molecule has 4 aromatic rings. The molecule has 0 spiro atoms. The monoisotopic (exact) mass is 798 g/mol. The minimum absolute atomic E-state index is 0.00397. The van der Waals surface area contributed by atoms with Crippen molar-refractivity contribution in [3.05, 3.63) is 130 Å². The van der Waals surface area contributed by atoms with Crippen molar-refractivity contribution < 1.29 is 24.3 Å². The van der Waals surface area contributed by atoms with Gasteiger partial charge in [-0.15, -0.1) is 28.2 Å². The average molecular weight is 799 g/mol. The van der Waals surface area contributed by atoms with Gasteiger partial charge in [-0.3, -0.25) is 14.5 Å². The van der Waals surface area contributed by atoms with Gasteiger partial charge in [-0.25, -0.2) is 26.2 Å². The Labute approximate surface area is 329 Å². The van der Waals surface area contributed by atoms with Gasteiger partial charge in [-0.1, -0.05) is 108 Å². The highest BCUT2D eigenvalue weighted by Gasteiger charge is 2.54. The Morgan fingerprint density at radius 3 is 2.20 bits per heavy atom. The normalized spacial score (nSPS) is 18.7. The number of nitrogens with zero attached hydrogens (tertiary/aromatic N) is 6. The molecular formula is C37H38N10O5S3. The first-order valence-corrected chi connectivity index (χ1v) is 20.1. The number of hydrogen-bond donors (Lipinski definition) is 5. The van der Waals surface area contributed by atoms with Crippen LogP contribution in [0.1, 0.15) is 36.2 Å². The van der Waals surface area contributed by atoms with Crippen LogP contribution in [-0.4, -0.2) is 90.0 Å². The minimum Gasteiger partial charge on any atom is -0.477 e. The van der Waals surface area contributed by atoms with Crippen molar-refractivity contribution >= 4 is 68.7 Å². The van der Waals surface area contributed by atoms with E-state index < -0.39 is 34.7 Å². The molecule has 4 heterocycles. The number of benzene rings is 3. The molecule has 2 amide bonds. The zero-order valence-electron chi connectivity index (χ0n) is 29.9. The van der Waals surface area contributed by atoms with Crippen LogP contribution in [0, 0.1) is 0 Å². The van der Waals surface area contributed by atoms with Crippen LogP contribution < -0.4 is 22.0 Å². The maximum absolute atomic E-state index is 13.8. The lowest BCUT2D eigenvalue weighted by Gasteiger charge is -2.49. The number of nitrogens with one attached hydrogen (secondary N) is 3. The molecule has 0 radical (unpaired) electrons. The van der Waals surface area contributed by atoms with Crippen LogP contribution in [0.25, 0.3) is 0 Å². The van der Waals surface area contributed by atoms with Crippen LogP contribution in [0.5, 0.6) is 0 Å². The third-order valence-corrected chi connectivity index (χ3v) is 12.3. The number of carboxylic acid groups (broad SMARTS) is 1. The highest BCUT2D eigenvalue weighted by Crippen LogP contribution is 2.42. The Hall–Kier alpha value is -5.40. The van der Waals surface area contributed by atoms with E-state index in [9.17, 15) is 19.5 Å². The van der Waals surface area contributed by atoms with Gasteiger partial charge in [0.05, 0.1) is 0 Å². The van der Waals surface area contributed by atoms with Crippen LogP contribution in [0.15, 0.2) is 118 Å². The number of amides is 2. The van der Waals surface area contributed by atoms with Crippen LogP contribution in [0.4, 0.5) is 5.13 Å². The number of carboxylic acids is 1. The van der Waals surface area contributed by atoms with Crippen LogP contribution in [0.2, 0.25) is 0 Å². The number of nitrogens with two attached hydrogens (primary N) is 1. The topological polar surface area (TPSA) is 190 Å². The Bertz CT molecular complexity index is 2050. The molecule has 18 heteroatoms. The van der Waals surface area contributed by atoms with Gasteiger partial charge in [0, 0.05) is 22.9 Å². The first kappa shape index (κ1) is 37.9. The number of carbonyl (C=O) groups is 3. The maximum Gasteiger partial charge on any atom is 0.352 e. The molecule has 0 bridgehead atoms. The van der Waals surface area contributed by atoms with Crippen molar-refractivity contribution in [3.63, 3.8) is 0 Å². The molecule has 3 aliphatic rings. The summed E-state index contributed by atoms with van der Waals surface area (Å²) in [5.41, 5.74) is 5.31. The number of oxime groups is 1.